The molecular weight excluding hydrogens is 392 g/mol. The molecule has 0 spiro atoms. The molecule has 2 heterocycles. The minimum absolute atomic E-state index is 0.0475. The number of allylic oxidation sites excluding steroid dienone is 2. The molecule has 4 rings (SSSR count). The third kappa shape index (κ3) is 4.51. The Hall–Kier alpha value is -1.93. The Kier molecular flexibility index (Phi) is 6.96. The fourth-order valence-electron chi connectivity index (χ4n) is 5.74. The summed E-state index contributed by atoms with van der Waals surface area (Å²) in [7, 11) is 1.78. The van der Waals surface area contributed by atoms with Crippen LogP contribution < -0.4 is 10.6 Å². The molecule has 2 aliphatic carbocycles. The Labute approximate surface area is 186 Å². The van der Waals surface area contributed by atoms with Crippen molar-refractivity contribution < 1.29 is 9.59 Å². The quantitative estimate of drug-likeness (QED) is 0.191. The summed E-state index contributed by atoms with van der Waals surface area (Å²) in [6, 6.07) is 0.445. The number of likely N-dealkylation sites (N-methyl/N-ethyl adjacent to an activating group) is 1. The Morgan fingerprint density at radius 3 is 2.32 bits per heavy atom. The van der Waals surface area contributed by atoms with Crippen LogP contribution in [-0.4, -0.2) is 97.9 Å². The first kappa shape index (κ1) is 22.3. The van der Waals surface area contributed by atoms with Crippen molar-refractivity contribution in [2.45, 2.75) is 32.7 Å². The fourth-order valence-corrected chi connectivity index (χ4v) is 5.74. The minimum atomic E-state index is -0.0921. The number of piperazine rings is 1. The van der Waals surface area contributed by atoms with Gasteiger partial charge in [-0.15, -0.1) is 0 Å². The average Bonchev–Trinajstić information content (AvgIpc) is 3.48. The number of nitrogens with one attached hydrogen (secondary N) is 2. The van der Waals surface area contributed by atoms with Crippen molar-refractivity contribution in [3.63, 3.8) is 0 Å². The summed E-state index contributed by atoms with van der Waals surface area (Å²) in [5, 5.41) is 6.75. The molecule has 8 nitrogen and oxygen atoms in total. The zero-order valence-electron chi connectivity index (χ0n) is 19.2. The van der Waals surface area contributed by atoms with Gasteiger partial charge in [0.05, 0.1) is 11.8 Å². The van der Waals surface area contributed by atoms with Crippen molar-refractivity contribution in [1.29, 1.82) is 0 Å². The van der Waals surface area contributed by atoms with Crippen LogP contribution in [0.1, 0.15) is 26.7 Å². The zero-order valence-corrected chi connectivity index (χ0v) is 19.2. The maximum Gasteiger partial charge on any atom is 0.233 e. The molecule has 4 aliphatic rings. The number of carbonyl (C=O) groups excluding carboxylic acids is 2. The lowest BCUT2D eigenvalue weighted by molar-refractivity contribution is -0.140. The van der Waals surface area contributed by atoms with Crippen LogP contribution in [0.25, 0.3) is 0 Å². The largest absolute Gasteiger partial charge is 0.356 e. The summed E-state index contributed by atoms with van der Waals surface area (Å²) in [6.07, 6.45) is 6.00. The number of fused-ring (bicyclic) bond motifs is 5. The molecule has 0 aromatic carbocycles. The van der Waals surface area contributed by atoms with E-state index in [-0.39, 0.29) is 35.5 Å². The second kappa shape index (κ2) is 9.69. The summed E-state index contributed by atoms with van der Waals surface area (Å²) in [5.74, 6) is 1.25. The van der Waals surface area contributed by atoms with Gasteiger partial charge >= 0.3 is 0 Å². The number of aliphatic imine (C=N–C) groups is 1. The average molecular weight is 431 g/mol. The molecule has 0 aromatic heterocycles. The number of likely N-dealkylation sites (tertiary alicyclic amines) is 1. The molecule has 2 N–H and O–H groups in total. The summed E-state index contributed by atoms with van der Waals surface area (Å²) in [5.41, 5.74) is 0. The van der Waals surface area contributed by atoms with Gasteiger partial charge in [0.1, 0.15) is 0 Å². The smallest absolute Gasteiger partial charge is 0.233 e. The van der Waals surface area contributed by atoms with E-state index in [1.54, 1.807) is 7.05 Å². The number of hydrogen-bond acceptors (Lipinski definition) is 5. The van der Waals surface area contributed by atoms with Crippen molar-refractivity contribution in [3.05, 3.63) is 12.2 Å². The molecule has 1 saturated carbocycles. The van der Waals surface area contributed by atoms with Crippen LogP contribution in [0.4, 0.5) is 0 Å². The Morgan fingerprint density at radius 2 is 1.74 bits per heavy atom. The number of hydrogen-bond donors (Lipinski definition) is 2. The van der Waals surface area contributed by atoms with Crippen LogP contribution in [0.15, 0.2) is 17.1 Å². The summed E-state index contributed by atoms with van der Waals surface area (Å²) in [6.45, 7) is 12.1. The van der Waals surface area contributed by atoms with Gasteiger partial charge < -0.3 is 15.5 Å². The van der Waals surface area contributed by atoms with Gasteiger partial charge in [0.15, 0.2) is 5.96 Å². The molecule has 3 fully saturated rings. The van der Waals surface area contributed by atoms with Crippen LogP contribution in [0.3, 0.4) is 0 Å². The van der Waals surface area contributed by atoms with Crippen LogP contribution in [0.2, 0.25) is 0 Å². The molecule has 0 radical (unpaired) electrons. The van der Waals surface area contributed by atoms with Gasteiger partial charge in [-0.05, 0) is 38.1 Å². The lowest BCUT2D eigenvalue weighted by atomic mass is 9.85. The lowest BCUT2D eigenvalue weighted by Gasteiger charge is -2.37. The van der Waals surface area contributed by atoms with Crippen molar-refractivity contribution in [2.75, 3.05) is 59.4 Å². The maximum absolute atomic E-state index is 12.7. The van der Waals surface area contributed by atoms with Crippen molar-refractivity contribution >= 4 is 17.8 Å². The summed E-state index contributed by atoms with van der Waals surface area (Å²) >= 11 is 0. The van der Waals surface area contributed by atoms with Gasteiger partial charge in [0.25, 0.3) is 0 Å². The van der Waals surface area contributed by atoms with E-state index < -0.39 is 0 Å². The number of carbonyl (C=O) groups is 2. The first-order valence-electron chi connectivity index (χ1n) is 12.0. The molecule has 2 bridgehead atoms. The Morgan fingerprint density at radius 1 is 1.10 bits per heavy atom. The SMILES string of the molecule is CCN1CCN(C(C)CNC(=NC)NCCCN2C(=O)C3C4C=CC(C4)C3C2=O)CC1. The van der Waals surface area contributed by atoms with Gasteiger partial charge in [0, 0.05) is 58.9 Å². The second-order valence-electron chi connectivity index (χ2n) is 9.38. The van der Waals surface area contributed by atoms with Crippen LogP contribution in [-0.2, 0) is 9.59 Å². The molecule has 172 valence electrons. The topological polar surface area (TPSA) is 80.3 Å². The van der Waals surface area contributed by atoms with Gasteiger partial charge in [-0.1, -0.05) is 19.1 Å². The minimum Gasteiger partial charge on any atom is -0.356 e. The van der Waals surface area contributed by atoms with Crippen molar-refractivity contribution in [3.8, 4) is 0 Å². The van der Waals surface area contributed by atoms with Crippen molar-refractivity contribution in [1.82, 2.24) is 25.3 Å². The predicted octanol–water partition coefficient (Wildman–Crippen LogP) is 0.375. The normalized spacial score (nSPS) is 32.1. The molecule has 2 amide bonds. The van der Waals surface area contributed by atoms with Gasteiger partial charge in [-0.2, -0.15) is 0 Å². The molecule has 0 aromatic rings. The zero-order chi connectivity index (χ0) is 22.0. The number of rotatable bonds is 8. The molecule has 8 heteroatoms. The summed E-state index contributed by atoms with van der Waals surface area (Å²) < 4.78 is 0. The molecule has 5 unspecified atom stereocenters. The van der Waals surface area contributed by atoms with E-state index in [1.807, 2.05) is 0 Å². The first-order valence-corrected chi connectivity index (χ1v) is 12.0. The van der Waals surface area contributed by atoms with Crippen LogP contribution in [0.5, 0.6) is 0 Å². The highest BCUT2D eigenvalue weighted by Gasteiger charge is 2.58. The third-order valence-electron chi connectivity index (χ3n) is 7.68. The molecule has 2 saturated heterocycles. The van der Waals surface area contributed by atoms with E-state index in [4.69, 9.17) is 0 Å². The Bertz CT molecular complexity index is 700. The van der Waals surface area contributed by atoms with Gasteiger partial charge in [0.2, 0.25) is 11.8 Å². The van der Waals surface area contributed by atoms with E-state index in [2.05, 4.69) is 51.4 Å². The lowest BCUT2D eigenvalue weighted by Crippen LogP contribution is -2.53. The Balaban J connectivity index is 1.15. The fraction of sp³-hybridized carbons (Fsp3) is 0.783. The summed E-state index contributed by atoms with van der Waals surface area (Å²) in [4.78, 5) is 36.3. The van der Waals surface area contributed by atoms with Crippen LogP contribution >= 0.6 is 0 Å². The van der Waals surface area contributed by atoms with E-state index in [9.17, 15) is 9.59 Å². The van der Waals surface area contributed by atoms with Gasteiger partial charge in [-0.3, -0.25) is 24.4 Å². The second-order valence-corrected chi connectivity index (χ2v) is 9.38. The highest BCUT2D eigenvalue weighted by molar-refractivity contribution is 6.06. The third-order valence-corrected chi connectivity index (χ3v) is 7.68. The molecule has 2 aliphatic heterocycles. The number of imide groups is 1. The molecule has 5 atom stereocenters. The van der Waals surface area contributed by atoms with E-state index >= 15 is 0 Å². The maximum atomic E-state index is 12.7. The van der Waals surface area contributed by atoms with Crippen LogP contribution in [0, 0.1) is 23.7 Å². The molecule has 31 heavy (non-hydrogen) atoms. The van der Waals surface area contributed by atoms with E-state index in [1.165, 1.54) is 4.90 Å². The monoisotopic (exact) mass is 430 g/mol. The highest BCUT2D eigenvalue weighted by Crippen LogP contribution is 2.52. The van der Waals surface area contributed by atoms with E-state index in [0.29, 0.717) is 19.1 Å². The first-order chi connectivity index (χ1) is 15.0. The standard InChI is InChI=1S/C23H38N6O2/c1-4-27-10-12-28(13-11-27)16(2)15-26-23(24-3)25-8-5-9-29-21(30)19-17-6-7-18(14-17)20(19)22(29)31/h6-7,16-20H,4-5,8-15H2,1-3H3,(H2,24,25,26). The highest BCUT2D eigenvalue weighted by atomic mass is 16.2. The molecular formula is C23H38N6O2. The van der Waals surface area contributed by atoms with Gasteiger partial charge in [-0.25, -0.2) is 0 Å². The number of nitrogens with zero attached hydrogens (tertiary/aromatic N) is 4. The number of guanidine groups is 1. The predicted molar refractivity (Wildman–Crippen MR) is 122 cm³/mol. The number of amides is 2. The van der Waals surface area contributed by atoms with E-state index in [0.717, 1.165) is 58.1 Å². The van der Waals surface area contributed by atoms with Crippen molar-refractivity contribution in [2.24, 2.45) is 28.7 Å².